The molecule has 1 N–H and O–H groups in total. The molecule has 0 heterocycles. The highest BCUT2D eigenvalue weighted by Gasteiger charge is 2.20. The van der Waals surface area contributed by atoms with Gasteiger partial charge in [0.15, 0.2) is 17.4 Å². The fraction of sp³-hybridized carbons (Fsp3) is 0.500. The minimum atomic E-state index is -0.725. The van der Waals surface area contributed by atoms with Crippen LogP contribution in [0.25, 0.3) is 0 Å². The van der Waals surface area contributed by atoms with Crippen LogP contribution in [0.1, 0.15) is 19.4 Å². The van der Waals surface area contributed by atoms with Crippen molar-refractivity contribution in [2.75, 3.05) is 13.2 Å². The number of aryl methyl sites for hydroxylation is 1. The van der Waals surface area contributed by atoms with Crippen molar-refractivity contribution in [1.82, 2.24) is 0 Å². The fourth-order valence-electron chi connectivity index (χ4n) is 1.08. The summed E-state index contributed by atoms with van der Waals surface area (Å²) in [6, 6.07) is 2.52. The molecule has 1 aromatic rings. The Balaban J connectivity index is 2.86. The minimum Gasteiger partial charge on any atom is -0.487 e. The van der Waals surface area contributed by atoms with E-state index in [0.717, 1.165) is 0 Å². The van der Waals surface area contributed by atoms with E-state index in [9.17, 15) is 8.78 Å². The fourth-order valence-corrected chi connectivity index (χ4v) is 1.08. The highest BCUT2D eigenvalue weighted by molar-refractivity contribution is 5.31. The van der Waals surface area contributed by atoms with Gasteiger partial charge in [-0.3, -0.25) is 0 Å². The van der Waals surface area contributed by atoms with E-state index in [1.807, 2.05) is 0 Å². The number of hydrogen-bond donors (Lipinski definition) is 1. The maximum absolute atomic E-state index is 13.5. The van der Waals surface area contributed by atoms with E-state index in [1.165, 1.54) is 12.1 Å². The topological polar surface area (TPSA) is 29.5 Å². The minimum absolute atomic E-state index is 0.0563. The normalized spacial score (nSPS) is 11.6. The van der Waals surface area contributed by atoms with Gasteiger partial charge in [0.1, 0.15) is 0 Å². The molecule has 0 spiro atoms. The van der Waals surface area contributed by atoms with Crippen LogP contribution in [0.5, 0.6) is 5.75 Å². The molecule has 0 radical (unpaired) electrons. The first-order valence-electron chi connectivity index (χ1n) is 5.05. The van der Waals surface area contributed by atoms with Gasteiger partial charge in [0.25, 0.3) is 0 Å². The van der Waals surface area contributed by atoms with Crippen molar-refractivity contribution >= 4 is 0 Å². The molecule has 0 unspecified atom stereocenters. The lowest BCUT2D eigenvalue weighted by Crippen LogP contribution is -2.26. The van der Waals surface area contributed by atoms with Gasteiger partial charge in [0.05, 0.1) is 13.2 Å². The highest BCUT2D eigenvalue weighted by atomic mass is 19.1. The molecule has 0 aliphatic heterocycles. The van der Waals surface area contributed by atoms with E-state index in [-0.39, 0.29) is 19.0 Å². The summed E-state index contributed by atoms with van der Waals surface area (Å²) in [6.45, 7) is 4.98. The van der Waals surface area contributed by atoms with Gasteiger partial charge in [-0.05, 0) is 18.6 Å². The van der Waals surface area contributed by atoms with Crippen LogP contribution in [0.2, 0.25) is 0 Å². The molecular formula is C12H16F2O2. The van der Waals surface area contributed by atoms with E-state index in [0.29, 0.717) is 5.56 Å². The number of aliphatic hydroxyl groups excluding tert-OH is 1. The molecule has 2 nitrogen and oxygen atoms in total. The van der Waals surface area contributed by atoms with Crippen LogP contribution in [-0.2, 0) is 0 Å². The number of aliphatic hydroxyl groups is 1. The summed E-state index contributed by atoms with van der Waals surface area (Å²) in [6.07, 6.45) is 0. The predicted molar refractivity (Wildman–Crippen MR) is 57.5 cm³/mol. The second kappa shape index (κ2) is 4.78. The molecule has 0 aliphatic rings. The molecule has 4 heteroatoms. The smallest absolute Gasteiger partial charge is 0.190 e. The van der Waals surface area contributed by atoms with Gasteiger partial charge in [0.2, 0.25) is 0 Å². The summed E-state index contributed by atoms with van der Waals surface area (Å²) in [4.78, 5) is 0. The van der Waals surface area contributed by atoms with Crippen molar-refractivity contribution in [3.63, 3.8) is 0 Å². The van der Waals surface area contributed by atoms with Crippen molar-refractivity contribution in [3.8, 4) is 5.75 Å². The molecule has 0 amide bonds. The summed E-state index contributed by atoms with van der Waals surface area (Å²) >= 11 is 0. The molecule has 0 atom stereocenters. The zero-order valence-electron chi connectivity index (χ0n) is 9.68. The predicted octanol–water partition coefficient (Wildman–Crippen LogP) is 2.67. The maximum atomic E-state index is 13.5. The van der Waals surface area contributed by atoms with E-state index < -0.39 is 17.0 Å². The van der Waals surface area contributed by atoms with Crippen LogP contribution in [0.15, 0.2) is 12.1 Å². The van der Waals surface area contributed by atoms with Gasteiger partial charge in [-0.2, -0.15) is 0 Å². The first kappa shape index (κ1) is 12.9. The van der Waals surface area contributed by atoms with Gasteiger partial charge in [-0.1, -0.05) is 19.9 Å². The first-order valence-corrected chi connectivity index (χ1v) is 5.05. The third-order valence-corrected chi connectivity index (χ3v) is 2.28. The molecule has 0 aliphatic carbocycles. The van der Waals surface area contributed by atoms with Crippen molar-refractivity contribution < 1.29 is 18.6 Å². The largest absolute Gasteiger partial charge is 0.487 e. The van der Waals surface area contributed by atoms with Crippen molar-refractivity contribution in [3.05, 3.63) is 29.3 Å². The first-order chi connectivity index (χ1) is 7.37. The molecule has 16 heavy (non-hydrogen) atoms. The van der Waals surface area contributed by atoms with Gasteiger partial charge < -0.3 is 9.84 Å². The molecular weight excluding hydrogens is 214 g/mol. The van der Waals surface area contributed by atoms with Crippen LogP contribution in [0.3, 0.4) is 0 Å². The molecule has 0 fully saturated rings. The maximum Gasteiger partial charge on any atom is 0.190 e. The van der Waals surface area contributed by atoms with Gasteiger partial charge in [-0.25, -0.2) is 8.78 Å². The lowest BCUT2D eigenvalue weighted by atomic mass is 9.96. The number of hydrogen-bond acceptors (Lipinski definition) is 2. The number of rotatable bonds is 4. The molecule has 0 saturated carbocycles. The summed E-state index contributed by atoms with van der Waals surface area (Å²) in [5.74, 6) is -1.79. The Morgan fingerprint density at radius 2 is 1.94 bits per heavy atom. The highest BCUT2D eigenvalue weighted by Crippen LogP contribution is 2.26. The Morgan fingerprint density at radius 3 is 2.50 bits per heavy atom. The third-order valence-electron chi connectivity index (χ3n) is 2.28. The lowest BCUT2D eigenvalue weighted by Gasteiger charge is -2.22. The standard InChI is InChI=1S/C12H16F2O2/c1-8-4-5-9(13)11(10(8)14)16-7-12(2,3)6-15/h4-5,15H,6-7H2,1-3H3. The molecule has 90 valence electrons. The second-order valence-corrected chi connectivity index (χ2v) is 4.62. The zero-order valence-corrected chi connectivity index (χ0v) is 9.68. The number of benzene rings is 1. The van der Waals surface area contributed by atoms with Gasteiger partial charge in [-0.15, -0.1) is 0 Å². The Bertz CT molecular complexity index is 376. The molecule has 0 saturated heterocycles. The molecule has 0 aromatic heterocycles. The van der Waals surface area contributed by atoms with Crippen molar-refractivity contribution in [2.24, 2.45) is 5.41 Å². The van der Waals surface area contributed by atoms with Crippen LogP contribution in [0, 0.1) is 24.0 Å². The van der Waals surface area contributed by atoms with Gasteiger partial charge >= 0.3 is 0 Å². The van der Waals surface area contributed by atoms with E-state index in [2.05, 4.69) is 0 Å². The van der Waals surface area contributed by atoms with Gasteiger partial charge in [0, 0.05) is 5.41 Å². The molecule has 0 bridgehead atoms. The summed E-state index contributed by atoms with van der Waals surface area (Å²) in [5.41, 5.74) is -0.194. The second-order valence-electron chi connectivity index (χ2n) is 4.62. The quantitative estimate of drug-likeness (QED) is 0.861. The average molecular weight is 230 g/mol. The SMILES string of the molecule is Cc1ccc(F)c(OCC(C)(C)CO)c1F. The van der Waals surface area contributed by atoms with Crippen LogP contribution in [0.4, 0.5) is 8.78 Å². The Kier molecular flexibility index (Phi) is 3.86. The zero-order chi connectivity index (χ0) is 12.3. The molecule has 1 rings (SSSR count). The molecule has 1 aromatic carbocycles. The van der Waals surface area contributed by atoms with Crippen LogP contribution >= 0.6 is 0 Å². The third kappa shape index (κ3) is 2.92. The van der Waals surface area contributed by atoms with Crippen molar-refractivity contribution in [2.45, 2.75) is 20.8 Å². The summed E-state index contributed by atoms with van der Waals surface area (Å²) in [7, 11) is 0. The number of ether oxygens (including phenoxy) is 1. The number of halogens is 2. The van der Waals surface area contributed by atoms with Crippen LogP contribution < -0.4 is 4.74 Å². The lowest BCUT2D eigenvalue weighted by molar-refractivity contribution is 0.0928. The van der Waals surface area contributed by atoms with E-state index >= 15 is 0 Å². The monoisotopic (exact) mass is 230 g/mol. The van der Waals surface area contributed by atoms with E-state index in [1.54, 1.807) is 20.8 Å². The Labute approximate surface area is 93.9 Å². The van der Waals surface area contributed by atoms with Crippen LogP contribution in [-0.4, -0.2) is 18.3 Å². The van der Waals surface area contributed by atoms with Crippen molar-refractivity contribution in [1.29, 1.82) is 0 Å². The average Bonchev–Trinajstić information content (AvgIpc) is 2.24. The van der Waals surface area contributed by atoms with E-state index in [4.69, 9.17) is 9.84 Å². The summed E-state index contributed by atoms with van der Waals surface area (Å²) < 4.78 is 31.9. The Morgan fingerprint density at radius 1 is 1.31 bits per heavy atom. The summed E-state index contributed by atoms with van der Waals surface area (Å²) in [5, 5.41) is 9.00. The Hall–Kier alpha value is -1.16.